The van der Waals surface area contributed by atoms with Crippen molar-refractivity contribution in [1.29, 1.82) is 0 Å². The van der Waals surface area contributed by atoms with Crippen LogP contribution in [0, 0.1) is 0 Å². The zero-order valence-electron chi connectivity index (χ0n) is 22.8. The van der Waals surface area contributed by atoms with Crippen molar-refractivity contribution in [3.05, 3.63) is 144 Å². The quantitative estimate of drug-likeness (QED) is 0.153. The Balaban J connectivity index is -0.000000209. The molecule has 0 radical (unpaired) electrons. The van der Waals surface area contributed by atoms with E-state index in [4.69, 9.17) is 0 Å². The van der Waals surface area contributed by atoms with E-state index >= 15 is 0 Å². The number of rotatable bonds is 4. The minimum atomic E-state index is -0.296. The molecule has 0 amide bonds. The van der Waals surface area contributed by atoms with Crippen LogP contribution in [0.4, 0.5) is 0 Å². The van der Waals surface area contributed by atoms with Crippen LogP contribution in [-0.4, -0.2) is 20.2 Å². The van der Waals surface area contributed by atoms with Gasteiger partial charge in [-0.05, 0) is 42.5 Å². The summed E-state index contributed by atoms with van der Waals surface area (Å²) < 4.78 is 0. The summed E-state index contributed by atoms with van der Waals surface area (Å²) in [5.74, 6) is 0. The third-order valence-electron chi connectivity index (χ3n) is 4.04. The molecule has 0 heterocycles. The summed E-state index contributed by atoms with van der Waals surface area (Å²) in [6.07, 6.45) is 0. The third-order valence-corrected chi connectivity index (χ3v) is 4.98. The van der Waals surface area contributed by atoms with Gasteiger partial charge in [-0.3, -0.25) is 0 Å². The van der Waals surface area contributed by atoms with Crippen molar-refractivity contribution in [2.24, 2.45) is 0 Å². The SMILES string of the molecule is [K+].[K+].[K+].[K+].[O-]C(=S)c1ccccc1.[O-]C(=S)c1ccccc1.[O-]C(=S)c1ccccc1.[O-]C(=S)c1ccccc1. The van der Waals surface area contributed by atoms with Crippen LogP contribution >= 0.6 is 48.9 Å². The van der Waals surface area contributed by atoms with Crippen molar-refractivity contribution in [3.63, 3.8) is 0 Å². The Morgan fingerprint density at radius 3 is 0.500 bits per heavy atom. The average Bonchev–Trinajstić information content (AvgIpc) is 2.92. The van der Waals surface area contributed by atoms with Gasteiger partial charge in [0.05, 0.1) is 0 Å². The minimum absolute atomic E-state index is 0. The third kappa shape index (κ3) is 25.2. The fraction of sp³-hybridized carbons (Fsp3) is 0. The first-order valence-electron chi connectivity index (χ1n) is 10.3. The van der Waals surface area contributed by atoms with Crippen LogP contribution in [0.1, 0.15) is 22.3 Å². The Labute approximate surface area is 427 Å². The van der Waals surface area contributed by atoms with Gasteiger partial charge in [-0.1, -0.05) is 170 Å². The molecule has 0 aliphatic rings. The molecule has 12 heteroatoms. The summed E-state index contributed by atoms with van der Waals surface area (Å²) in [6, 6.07) is 35.4. The van der Waals surface area contributed by atoms with Crippen molar-refractivity contribution >= 4 is 69.1 Å². The van der Waals surface area contributed by atoms with Crippen LogP contribution in [0.15, 0.2) is 121 Å². The van der Waals surface area contributed by atoms with E-state index in [-0.39, 0.29) is 226 Å². The first-order valence-corrected chi connectivity index (χ1v) is 11.9. The molecular formula is C28H20K4O4S4. The molecule has 40 heavy (non-hydrogen) atoms. The Kier molecular flexibility index (Phi) is 39.8. The topological polar surface area (TPSA) is 92.2 Å². The summed E-state index contributed by atoms with van der Waals surface area (Å²) in [5, 5.41) is 40.7. The summed E-state index contributed by atoms with van der Waals surface area (Å²) >= 11 is 17.6. The van der Waals surface area contributed by atoms with E-state index in [9.17, 15) is 20.4 Å². The summed E-state index contributed by atoms with van der Waals surface area (Å²) in [7, 11) is 0. The maximum absolute atomic E-state index is 10.5. The molecule has 0 saturated heterocycles. The number of thiocarbonyl (C=S) groups is 4. The second-order valence-corrected chi connectivity index (χ2v) is 8.10. The zero-order chi connectivity index (χ0) is 26.8. The average molecular weight is 705 g/mol. The maximum atomic E-state index is 10.5. The molecule has 4 aromatic carbocycles. The van der Waals surface area contributed by atoms with Crippen LogP contribution in [-0.2, 0) is 0 Å². The van der Waals surface area contributed by atoms with Crippen LogP contribution in [0.2, 0.25) is 0 Å². The van der Waals surface area contributed by atoms with Crippen LogP contribution in [0.3, 0.4) is 0 Å². The maximum Gasteiger partial charge on any atom is 1.00 e. The molecule has 0 bridgehead atoms. The molecule has 184 valence electrons. The standard InChI is InChI=1S/4C7H6OS.4K/c4*8-7(9)6-4-2-1-3-5-6;;;;/h4*1-5H,(H,8,9);;;;/q;;;;4*+1/p-4. The molecule has 0 aliphatic heterocycles. The van der Waals surface area contributed by atoms with E-state index in [0.717, 1.165) is 0 Å². The monoisotopic (exact) mass is 704 g/mol. The molecule has 0 unspecified atom stereocenters. The summed E-state index contributed by atoms with van der Waals surface area (Å²) in [6.45, 7) is 0. The Bertz CT molecular complexity index is 1040. The van der Waals surface area contributed by atoms with Gasteiger partial charge in [0.2, 0.25) is 0 Å². The predicted octanol–water partition coefficient (Wildman–Crippen LogP) is -9.09. The van der Waals surface area contributed by atoms with Gasteiger partial charge in [0.25, 0.3) is 0 Å². The van der Waals surface area contributed by atoms with Gasteiger partial charge in [-0.25, -0.2) is 0 Å². The van der Waals surface area contributed by atoms with Crippen molar-refractivity contribution in [2.75, 3.05) is 0 Å². The van der Waals surface area contributed by atoms with Gasteiger partial charge in [0.1, 0.15) is 0 Å². The predicted molar refractivity (Wildman–Crippen MR) is 153 cm³/mol. The molecule has 4 aromatic rings. The van der Waals surface area contributed by atoms with Crippen molar-refractivity contribution in [2.45, 2.75) is 0 Å². The Hall–Kier alpha value is 2.99. The van der Waals surface area contributed by atoms with E-state index in [1.807, 2.05) is 24.3 Å². The van der Waals surface area contributed by atoms with Crippen molar-refractivity contribution in [3.8, 4) is 0 Å². The van der Waals surface area contributed by atoms with Gasteiger partial charge < -0.3 is 20.4 Å². The summed E-state index contributed by atoms with van der Waals surface area (Å²) in [5.41, 5.74) is 2.36. The van der Waals surface area contributed by atoms with E-state index in [1.165, 1.54) is 0 Å². The molecule has 0 spiro atoms. The smallest absolute Gasteiger partial charge is 0.864 e. The molecule has 0 atom stereocenters. The molecule has 0 N–H and O–H groups in total. The van der Waals surface area contributed by atoms with Gasteiger partial charge in [-0.2, -0.15) is 0 Å². The minimum Gasteiger partial charge on any atom is -0.864 e. The van der Waals surface area contributed by atoms with E-state index in [2.05, 4.69) is 48.9 Å². The van der Waals surface area contributed by atoms with Crippen LogP contribution in [0.25, 0.3) is 0 Å². The molecule has 0 aliphatic carbocycles. The van der Waals surface area contributed by atoms with E-state index < -0.39 is 0 Å². The van der Waals surface area contributed by atoms with E-state index in [0.29, 0.717) is 22.3 Å². The van der Waals surface area contributed by atoms with E-state index in [1.54, 1.807) is 97.1 Å². The molecule has 0 aromatic heterocycles. The number of hydrogen-bond acceptors (Lipinski definition) is 8. The summed E-state index contributed by atoms with van der Waals surface area (Å²) in [4.78, 5) is 0. The second kappa shape index (κ2) is 31.9. The Morgan fingerprint density at radius 2 is 0.425 bits per heavy atom. The second-order valence-electron chi connectivity index (χ2n) is 6.61. The van der Waals surface area contributed by atoms with Gasteiger partial charge in [-0.15, -0.1) is 0 Å². The molecule has 4 nitrogen and oxygen atoms in total. The fourth-order valence-corrected chi connectivity index (χ4v) is 2.84. The molecular weight excluding hydrogens is 685 g/mol. The molecule has 4 rings (SSSR count). The fourth-order valence-electron chi connectivity index (χ4n) is 2.30. The first kappa shape index (κ1) is 49.9. The van der Waals surface area contributed by atoms with Crippen LogP contribution < -0.4 is 226 Å². The normalized spacial score (nSPS) is 8.00. The largest absolute Gasteiger partial charge is 1.00 e. The van der Waals surface area contributed by atoms with Gasteiger partial charge in [0, 0.05) is 0 Å². The molecule has 0 fully saturated rings. The zero-order valence-corrected chi connectivity index (χ0v) is 38.6. The van der Waals surface area contributed by atoms with Gasteiger partial charge >= 0.3 is 206 Å². The van der Waals surface area contributed by atoms with Crippen molar-refractivity contribution < 1.29 is 226 Å². The van der Waals surface area contributed by atoms with Gasteiger partial charge in [0.15, 0.2) is 0 Å². The molecule has 0 saturated carbocycles. The van der Waals surface area contributed by atoms with Crippen molar-refractivity contribution in [1.82, 2.24) is 0 Å². The number of benzene rings is 4. The number of hydrogen-bond donors (Lipinski definition) is 0. The first-order chi connectivity index (χ1) is 17.2. The Morgan fingerprint density at radius 1 is 0.300 bits per heavy atom. The van der Waals surface area contributed by atoms with Crippen LogP contribution in [0.5, 0.6) is 0 Å².